The van der Waals surface area contributed by atoms with Gasteiger partial charge in [-0.15, -0.1) is 0 Å². The van der Waals surface area contributed by atoms with Crippen LogP contribution in [0, 0.1) is 0 Å². The minimum atomic E-state index is -0.310. The van der Waals surface area contributed by atoms with E-state index in [1.165, 1.54) is 0 Å². The van der Waals surface area contributed by atoms with Gasteiger partial charge in [0.15, 0.2) is 6.29 Å². The van der Waals surface area contributed by atoms with E-state index in [0.717, 1.165) is 41.9 Å². The van der Waals surface area contributed by atoms with Crippen LogP contribution in [0.3, 0.4) is 0 Å². The number of nitrogens with zero attached hydrogens (tertiary/aromatic N) is 2. The molecule has 3 aromatic rings. The average molecular weight is 521 g/mol. The Balaban J connectivity index is 1.35. The van der Waals surface area contributed by atoms with E-state index in [1.807, 2.05) is 41.1 Å². The van der Waals surface area contributed by atoms with Crippen LogP contribution >= 0.6 is 23.2 Å². The van der Waals surface area contributed by atoms with Gasteiger partial charge in [-0.05, 0) is 43.5 Å². The lowest BCUT2D eigenvalue weighted by Gasteiger charge is -2.31. The summed E-state index contributed by atoms with van der Waals surface area (Å²) in [5.41, 5.74) is 1.81. The molecule has 7 nitrogen and oxygen atoms in total. The second kappa shape index (κ2) is 12.6. The second-order valence-corrected chi connectivity index (χ2v) is 9.20. The van der Waals surface area contributed by atoms with E-state index >= 15 is 0 Å². The van der Waals surface area contributed by atoms with Crippen LogP contribution in [-0.2, 0) is 27.4 Å². The minimum Gasteiger partial charge on any atom is -0.497 e. The summed E-state index contributed by atoms with van der Waals surface area (Å²) in [6, 6.07) is 11.1. The van der Waals surface area contributed by atoms with Crippen molar-refractivity contribution in [1.29, 1.82) is 0 Å². The Hall–Kier alpha value is -2.29. The zero-order valence-electron chi connectivity index (χ0n) is 19.9. The number of benzene rings is 2. The third-order valence-corrected chi connectivity index (χ3v) is 6.52. The van der Waals surface area contributed by atoms with Crippen molar-refractivity contribution >= 4 is 23.2 Å². The number of aromatic nitrogens is 2. The SMILES string of the molecule is COc1ccc(COC2CCCC(COC(Cn3ccnc3)c3ccc(Cl)cc3Cl)O2)c(OC)c1. The van der Waals surface area contributed by atoms with Crippen molar-refractivity contribution in [3.63, 3.8) is 0 Å². The van der Waals surface area contributed by atoms with Gasteiger partial charge in [-0.1, -0.05) is 29.3 Å². The molecule has 1 aromatic heterocycles. The molecule has 0 aliphatic carbocycles. The Kier molecular flexibility index (Phi) is 9.29. The highest BCUT2D eigenvalue weighted by Crippen LogP contribution is 2.31. The van der Waals surface area contributed by atoms with Gasteiger partial charge in [0, 0.05) is 39.6 Å². The maximum absolute atomic E-state index is 6.49. The fraction of sp³-hybridized carbons (Fsp3) is 0.423. The van der Waals surface area contributed by atoms with Crippen LogP contribution in [0.5, 0.6) is 11.5 Å². The molecule has 0 N–H and O–H groups in total. The lowest BCUT2D eigenvalue weighted by Crippen LogP contribution is -2.33. The van der Waals surface area contributed by atoms with Crippen molar-refractivity contribution < 1.29 is 23.7 Å². The van der Waals surface area contributed by atoms with Crippen LogP contribution in [0.4, 0.5) is 0 Å². The first-order chi connectivity index (χ1) is 17.1. The highest BCUT2D eigenvalue weighted by atomic mass is 35.5. The summed E-state index contributed by atoms with van der Waals surface area (Å²) >= 11 is 12.6. The highest BCUT2D eigenvalue weighted by molar-refractivity contribution is 6.35. The Morgan fingerprint density at radius 1 is 1.11 bits per heavy atom. The monoisotopic (exact) mass is 520 g/mol. The normalized spacial score (nSPS) is 18.9. The molecule has 1 aliphatic heterocycles. The molecule has 9 heteroatoms. The van der Waals surface area contributed by atoms with Crippen molar-refractivity contribution in [3.8, 4) is 11.5 Å². The Bertz CT molecular complexity index is 1080. The smallest absolute Gasteiger partial charge is 0.158 e. The van der Waals surface area contributed by atoms with Gasteiger partial charge in [-0.2, -0.15) is 0 Å². The first kappa shape index (κ1) is 25.8. The Morgan fingerprint density at radius 3 is 2.74 bits per heavy atom. The molecule has 0 spiro atoms. The molecule has 2 aromatic carbocycles. The standard InChI is InChI=1S/C26H30Cl2N2O5/c1-31-20-8-6-18(24(13-20)32-2)15-34-26-5-3-4-21(35-26)16-33-25(14-30-11-10-29-17-30)22-9-7-19(27)12-23(22)28/h6-13,17,21,25-26H,3-5,14-16H2,1-2H3. The number of imidazole rings is 1. The van der Waals surface area contributed by atoms with E-state index in [-0.39, 0.29) is 18.5 Å². The molecule has 188 valence electrons. The lowest BCUT2D eigenvalue weighted by molar-refractivity contribution is -0.213. The fourth-order valence-electron chi connectivity index (χ4n) is 4.08. The van der Waals surface area contributed by atoms with Crippen LogP contribution in [0.25, 0.3) is 0 Å². The van der Waals surface area contributed by atoms with Gasteiger partial charge in [0.1, 0.15) is 17.6 Å². The first-order valence-corrected chi connectivity index (χ1v) is 12.3. The van der Waals surface area contributed by atoms with Gasteiger partial charge in [0.25, 0.3) is 0 Å². The number of methoxy groups -OCH3 is 2. The van der Waals surface area contributed by atoms with E-state index in [9.17, 15) is 0 Å². The lowest BCUT2D eigenvalue weighted by atomic mass is 10.1. The molecule has 3 atom stereocenters. The molecule has 0 radical (unpaired) electrons. The summed E-state index contributed by atoms with van der Waals surface area (Å²) in [5.74, 6) is 1.46. The maximum Gasteiger partial charge on any atom is 0.158 e. The molecule has 0 bridgehead atoms. The average Bonchev–Trinajstić information content (AvgIpc) is 3.39. The van der Waals surface area contributed by atoms with Gasteiger partial charge >= 0.3 is 0 Å². The Labute approximate surface area is 215 Å². The molecular weight excluding hydrogens is 491 g/mol. The zero-order chi connectivity index (χ0) is 24.6. The van der Waals surface area contributed by atoms with Gasteiger partial charge in [-0.3, -0.25) is 0 Å². The van der Waals surface area contributed by atoms with Crippen molar-refractivity contribution in [2.45, 2.75) is 50.9 Å². The zero-order valence-corrected chi connectivity index (χ0v) is 21.4. The van der Waals surface area contributed by atoms with Crippen LogP contribution < -0.4 is 9.47 Å². The molecule has 1 aliphatic rings. The predicted molar refractivity (Wildman–Crippen MR) is 134 cm³/mol. The minimum absolute atomic E-state index is 0.0807. The molecule has 1 saturated heterocycles. The molecular formula is C26H30Cl2N2O5. The number of hydrogen-bond donors (Lipinski definition) is 0. The van der Waals surface area contributed by atoms with Gasteiger partial charge in [0.2, 0.25) is 0 Å². The largest absolute Gasteiger partial charge is 0.497 e. The van der Waals surface area contributed by atoms with Crippen LogP contribution in [0.2, 0.25) is 10.0 Å². The Morgan fingerprint density at radius 2 is 2.00 bits per heavy atom. The quantitative estimate of drug-likeness (QED) is 0.305. The second-order valence-electron chi connectivity index (χ2n) is 8.35. The van der Waals surface area contributed by atoms with E-state index in [2.05, 4.69) is 4.98 Å². The maximum atomic E-state index is 6.49. The predicted octanol–water partition coefficient (Wildman–Crippen LogP) is 6.08. The highest BCUT2D eigenvalue weighted by Gasteiger charge is 2.26. The molecule has 4 rings (SSSR count). The van der Waals surface area contributed by atoms with Gasteiger partial charge in [0.05, 0.1) is 46.4 Å². The molecule has 1 fully saturated rings. The molecule has 2 heterocycles. The van der Waals surface area contributed by atoms with Crippen molar-refractivity contribution in [1.82, 2.24) is 9.55 Å². The molecule has 3 unspecified atom stereocenters. The third kappa shape index (κ3) is 7.12. The summed E-state index contributed by atoms with van der Waals surface area (Å²) in [4.78, 5) is 4.13. The van der Waals surface area contributed by atoms with E-state index in [4.69, 9.17) is 46.9 Å². The molecule has 35 heavy (non-hydrogen) atoms. The van der Waals surface area contributed by atoms with E-state index in [0.29, 0.717) is 29.8 Å². The number of rotatable bonds is 11. The number of halogens is 2. The van der Waals surface area contributed by atoms with Gasteiger partial charge in [-0.25, -0.2) is 4.98 Å². The summed E-state index contributed by atoms with van der Waals surface area (Å²) in [5, 5.41) is 1.16. The number of hydrogen-bond acceptors (Lipinski definition) is 6. The van der Waals surface area contributed by atoms with E-state index < -0.39 is 0 Å². The molecule has 0 saturated carbocycles. The third-order valence-electron chi connectivity index (χ3n) is 5.96. The topological polar surface area (TPSA) is 64.0 Å². The van der Waals surface area contributed by atoms with Crippen molar-refractivity contribution in [3.05, 3.63) is 76.3 Å². The summed E-state index contributed by atoms with van der Waals surface area (Å²) in [7, 11) is 3.26. The summed E-state index contributed by atoms with van der Waals surface area (Å²) in [6.45, 7) is 1.38. The van der Waals surface area contributed by atoms with Crippen LogP contribution in [0.1, 0.15) is 36.5 Å². The van der Waals surface area contributed by atoms with Crippen LogP contribution in [0.15, 0.2) is 55.1 Å². The summed E-state index contributed by atoms with van der Waals surface area (Å²) in [6.07, 6.45) is 7.45. The summed E-state index contributed by atoms with van der Waals surface area (Å²) < 4.78 is 31.3. The van der Waals surface area contributed by atoms with Crippen molar-refractivity contribution in [2.24, 2.45) is 0 Å². The van der Waals surface area contributed by atoms with Gasteiger partial charge < -0.3 is 28.3 Å². The van der Waals surface area contributed by atoms with Crippen molar-refractivity contribution in [2.75, 3.05) is 20.8 Å². The first-order valence-electron chi connectivity index (χ1n) is 11.6. The van der Waals surface area contributed by atoms with E-state index in [1.54, 1.807) is 32.8 Å². The van der Waals surface area contributed by atoms with Crippen LogP contribution in [-0.4, -0.2) is 42.8 Å². The molecule has 0 amide bonds. The fourth-order valence-corrected chi connectivity index (χ4v) is 4.61. The number of ether oxygens (including phenoxy) is 5.